The van der Waals surface area contributed by atoms with Crippen molar-refractivity contribution in [3.8, 4) is 11.1 Å². The third-order valence-corrected chi connectivity index (χ3v) is 7.44. The zero-order valence-electron chi connectivity index (χ0n) is 22.4. The molecule has 39 heavy (non-hydrogen) atoms. The van der Waals surface area contributed by atoms with Gasteiger partial charge >= 0.3 is 0 Å². The lowest BCUT2D eigenvalue weighted by Gasteiger charge is -2.34. The molecule has 1 aromatic heterocycles. The van der Waals surface area contributed by atoms with E-state index in [0.29, 0.717) is 10.8 Å². The monoisotopic (exact) mass is 540 g/mol. The molecule has 0 bridgehead atoms. The lowest BCUT2D eigenvalue weighted by molar-refractivity contribution is 0.132. The fourth-order valence-electron chi connectivity index (χ4n) is 4.98. The second-order valence-corrected chi connectivity index (χ2v) is 10.5. The Morgan fingerprint density at radius 2 is 1.49 bits per heavy atom. The van der Waals surface area contributed by atoms with Crippen molar-refractivity contribution < 1.29 is 0 Å². The molecule has 1 aliphatic heterocycles. The van der Waals surface area contributed by atoms with Gasteiger partial charge in [-0.15, -0.1) is 0 Å². The van der Waals surface area contributed by atoms with Crippen LogP contribution in [0.25, 0.3) is 34.2 Å². The molecule has 1 saturated heterocycles. The number of hydrogen-bond acceptors (Lipinski definition) is 6. The summed E-state index contributed by atoms with van der Waals surface area (Å²) < 4.78 is 0. The van der Waals surface area contributed by atoms with E-state index in [4.69, 9.17) is 27.3 Å². The molecule has 0 atom stereocenters. The number of rotatable bonds is 11. The predicted octanol–water partition coefficient (Wildman–Crippen LogP) is 5.89. The van der Waals surface area contributed by atoms with Crippen LogP contribution in [0.2, 0.25) is 5.02 Å². The summed E-state index contributed by atoms with van der Waals surface area (Å²) in [6.45, 7) is 8.35. The minimum absolute atomic E-state index is 0.660. The first kappa shape index (κ1) is 27.3. The van der Waals surface area contributed by atoms with Crippen LogP contribution < -0.4 is 11.1 Å². The van der Waals surface area contributed by atoms with Gasteiger partial charge in [0.15, 0.2) is 5.82 Å². The summed E-state index contributed by atoms with van der Waals surface area (Å²) in [5.74, 6) is 1.51. The van der Waals surface area contributed by atoms with Crippen LogP contribution in [-0.4, -0.2) is 72.1 Å². The van der Waals surface area contributed by atoms with Crippen LogP contribution in [0.1, 0.15) is 24.2 Å². The fourth-order valence-corrected chi connectivity index (χ4v) is 5.15. The number of nitrogens with two attached hydrogens (primary N) is 1. The molecular weight excluding hydrogens is 504 g/mol. The maximum Gasteiger partial charge on any atom is 0.154 e. The molecule has 2 heterocycles. The van der Waals surface area contributed by atoms with Crippen molar-refractivity contribution in [3.63, 3.8) is 0 Å². The Kier molecular flexibility index (Phi) is 9.57. The highest BCUT2D eigenvalue weighted by Gasteiger charge is 2.16. The average molecular weight is 541 g/mol. The number of nitrogens with zero attached hydrogens (tertiary/aromatic N) is 4. The molecule has 1 aliphatic rings. The van der Waals surface area contributed by atoms with E-state index in [1.54, 1.807) is 0 Å². The van der Waals surface area contributed by atoms with Gasteiger partial charge < -0.3 is 20.9 Å². The highest BCUT2D eigenvalue weighted by Crippen LogP contribution is 2.25. The summed E-state index contributed by atoms with van der Waals surface area (Å²) in [6.07, 6.45) is 6.16. The van der Waals surface area contributed by atoms with Crippen molar-refractivity contribution in [1.29, 1.82) is 0 Å². The summed E-state index contributed by atoms with van der Waals surface area (Å²) in [4.78, 5) is 14.7. The Morgan fingerprint density at radius 3 is 2.21 bits per heavy atom. The second-order valence-electron chi connectivity index (χ2n) is 10.0. The first-order valence-electron chi connectivity index (χ1n) is 13.9. The molecule has 0 radical (unpaired) electrons. The first-order chi connectivity index (χ1) is 19.2. The third kappa shape index (κ3) is 7.64. The number of aromatic nitrogens is 2. The molecule has 3 N–H and O–H groups in total. The lowest BCUT2D eigenvalue weighted by Crippen LogP contribution is -2.47. The second kappa shape index (κ2) is 13.7. The molecule has 0 saturated carbocycles. The molecule has 7 heteroatoms. The van der Waals surface area contributed by atoms with E-state index in [1.165, 1.54) is 11.1 Å². The first-order valence-corrected chi connectivity index (χ1v) is 14.3. The van der Waals surface area contributed by atoms with Crippen molar-refractivity contribution in [1.82, 2.24) is 19.8 Å². The van der Waals surface area contributed by atoms with Crippen LogP contribution in [0.3, 0.4) is 0 Å². The summed E-state index contributed by atoms with van der Waals surface area (Å²) >= 11 is 6.30. The van der Waals surface area contributed by atoms with Crippen molar-refractivity contribution in [2.24, 2.45) is 5.73 Å². The smallest absolute Gasteiger partial charge is 0.154 e. The van der Waals surface area contributed by atoms with E-state index >= 15 is 0 Å². The molecule has 0 spiro atoms. The van der Waals surface area contributed by atoms with Gasteiger partial charge in [-0.25, -0.2) is 9.97 Å². The Labute approximate surface area is 236 Å². The number of nitrogens with one attached hydrogen (secondary N) is 1. The number of hydrogen-bond donors (Lipinski definition) is 2. The Bertz CT molecular complexity index is 1370. The van der Waals surface area contributed by atoms with Crippen molar-refractivity contribution in [2.75, 3.05) is 57.7 Å². The van der Waals surface area contributed by atoms with E-state index in [2.05, 4.69) is 69.7 Å². The average Bonchev–Trinajstić information content (AvgIpc) is 2.98. The number of halogens is 1. The van der Waals surface area contributed by atoms with E-state index in [-0.39, 0.29) is 0 Å². The van der Waals surface area contributed by atoms with Crippen molar-refractivity contribution in [2.45, 2.75) is 12.8 Å². The maximum absolute atomic E-state index is 6.30. The van der Waals surface area contributed by atoms with Gasteiger partial charge in [-0.1, -0.05) is 72.3 Å². The number of anilines is 1. The van der Waals surface area contributed by atoms with Gasteiger partial charge in [0.25, 0.3) is 0 Å². The van der Waals surface area contributed by atoms with Gasteiger partial charge in [-0.05, 0) is 73.4 Å². The third-order valence-electron chi connectivity index (χ3n) is 7.21. The summed E-state index contributed by atoms with van der Waals surface area (Å²) in [5.41, 5.74) is 10.0. The fraction of sp³-hybridized carbons (Fsp3) is 0.312. The number of piperazine rings is 1. The van der Waals surface area contributed by atoms with E-state index in [0.717, 1.165) is 87.5 Å². The predicted molar refractivity (Wildman–Crippen MR) is 165 cm³/mol. The standard InChI is InChI=1S/C32H37ClN6/c33-28-13-14-29-30(24-28)36-31(15-10-25-8-11-27(12-9-25)26-6-2-1-3-7-26)37-32(29)35-17-5-19-39-22-20-38(21-23-39)18-4-16-34/h1-3,6-15,24H,4-5,16-23,34H2,(H,35,36,37)/b15-10+. The molecule has 4 aromatic rings. The number of benzene rings is 3. The van der Waals surface area contributed by atoms with Gasteiger partial charge in [0.05, 0.1) is 5.52 Å². The molecule has 202 valence electrons. The van der Waals surface area contributed by atoms with Crippen molar-refractivity contribution in [3.05, 3.63) is 89.2 Å². The molecule has 1 fully saturated rings. The molecule has 3 aromatic carbocycles. The lowest BCUT2D eigenvalue weighted by atomic mass is 10.0. The Hall–Kier alpha value is -3.29. The zero-order valence-corrected chi connectivity index (χ0v) is 23.2. The van der Waals surface area contributed by atoms with Gasteiger partial charge in [-0.2, -0.15) is 0 Å². The van der Waals surface area contributed by atoms with Crippen molar-refractivity contribution >= 4 is 40.5 Å². The van der Waals surface area contributed by atoms with Gasteiger partial charge in [-0.3, -0.25) is 0 Å². The van der Waals surface area contributed by atoms with Gasteiger partial charge in [0.1, 0.15) is 5.82 Å². The minimum atomic E-state index is 0.660. The maximum atomic E-state index is 6.30. The minimum Gasteiger partial charge on any atom is -0.369 e. The Morgan fingerprint density at radius 1 is 0.795 bits per heavy atom. The highest BCUT2D eigenvalue weighted by atomic mass is 35.5. The molecular formula is C32H37ClN6. The van der Waals surface area contributed by atoms with Crippen LogP contribution in [0.15, 0.2) is 72.8 Å². The normalized spacial score (nSPS) is 14.8. The SMILES string of the molecule is NCCCN1CCN(CCCNc2nc(/C=C/c3ccc(-c4ccccc4)cc3)nc3cc(Cl)ccc23)CC1. The van der Waals surface area contributed by atoms with Crippen LogP contribution in [0.4, 0.5) is 5.82 Å². The molecule has 5 rings (SSSR count). The van der Waals surface area contributed by atoms with Crippen LogP contribution in [0, 0.1) is 0 Å². The molecule has 0 aliphatic carbocycles. The quantitative estimate of drug-likeness (QED) is 0.231. The largest absolute Gasteiger partial charge is 0.369 e. The van der Waals surface area contributed by atoms with Gasteiger partial charge in [0.2, 0.25) is 0 Å². The Balaban J connectivity index is 1.21. The molecule has 6 nitrogen and oxygen atoms in total. The van der Waals surface area contributed by atoms with E-state index in [9.17, 15) is 0 Å². The van der Waals surface area contributed by atoms with Crippen LogP contribution in [0.5, 0.6) is 0 Å². The number of fused-ring (bicyclic) bond motifs is 1. The van der Waals surface area contributed by atoms with Gasteiger partial charge in [0, 0.05) is 43.1 Å². The highest BCUT2D eigenvalue weighted by molar-refractivity contribution is 6.31. The van der Waals surface area contributed by atoms with Crippen LogP contribution in [-0.2, 0) is 0 Å². The van der Waals surface area contributed by atoms with E-state index < -0.39 is 0 Å². The van der Waals surface area contributed by atoms with Crippen LogP contribution >= 0.6 is 11.6 Å². The summed E-state index contributed by atoms with van der Waals surface area (Å²) in [6, 6.07) is 24.7. The van der Waals surface area contributed by atoms with E-state index in [1.807, 2.05) is 30.3 Å². The summed E-state index contributed by atoms with van der Waals surface area (Å²) in [5, 5.41) is 5.22. The molecule has 0 amide bonds. The molecule has 0 unspecified atom stereocenters. The topological polar surface area (TPSA) is 70.3 Å². The summed E-state index contributed by atoms with van der Waals surface area (Å²) in [7, 11) is 0. The zero-order chi connectivity index (χ0) is 26.9.